The minimum Gasteiger partial charge on any atom is -0.376 e. The van der Waals surface area contributed by atoms with E-state index in [1.165, 1.54) is 8.71 Å². The van der Waals surface area contributed by atoms with Crippen molar-refractivity contribution in [1.82, 2.24) is 13.7 Å². The number of hydrogen-bond acceptors (Lipinski definition) is 6. The van der Waals surface area contributed by atoms with Crippen LogP contribution in [-0.4, -0.2) is 47.9 Å². The van der Waals surface area contributed by atoms with E-state index in [1.54, 1.807) is 24.4 Å². The van der Waals surface area contributed by atoms with Crippen molar-refractivity contribution in [2.75, 3.05) is 25.1 Å². The molecule has 2 aromatic rings. The quantitative estimate of drug-likeness (QED) is 0.612. The number of aromatic nitrogens is 2. The Kier molecular flexibility index (Phi) is 3.57. The van der Waals surface area contributed by atoms with Gasteiger partial charge in [0.2, 0.25) is 5.03 Å². The Labute approximate surface area is 122 Å². The first-order chi connectivity index (χ1) is 10.0. The average Bonchev–Trinajstić information content (AvgIpc) is 2.86. The highest BCUT2D eigenvalue weighted by atomic mass is 32.2. The number of sulfonamides is 1. The molecule has 114 valence electrons. The van der Waals surface area contributed by atoms with Crippen LogP contribution < -0.4 is 11.3 Å². The number of anilines is 1. The van der Waals surface area contributed by atoms with Gasteiger partial charge < -0.3 is 10.2 Å². The van der Waals surface area contributed by atoms with E-state index in [2.05, 4.69) is 10.4 Å². The average molecular weight is 311 g/mol. The van der Waals surface area contributed by atoms with Crippen molar-refractivity contribution in [2.45, 2.75) is 18.1 Å². The molecule has 3 heterocycles. The van der Waals surface area contributed by atoms with Gasteiger partial charge in [0.15, 0.2) is 5.82 Å². The summed E-state index contributed by atoms with van der Waals surface area (Å²) in [4.78, 5) is 4.20. The Hall–Kier alpha value is -1.68. The minimum absolute atomic E-state index is 0.0506. The summed E-state index contributed by atoms with van der Waals surface area (Å²) in [5, 5.41) is 0.0506. The maximum absolute atomic E-state index is 12.9. The van der Waals surface area contributed by atoms with Crippen molar-refractivity contribution < 1.29 is 13.2 Å². The second kappa shape index (κ2) is 5.26. The van der Waals surface area contributed by atoms with Crippen LogP contribution in [0.15, 0.2) is 29.4 Å². The molecule has 9 heteroatoms. The number of hydrogen-bond donors (Lipinski definition) is 2. The van der Waals surface area contributed by atoms with Crippen molar-refractivity contribution in [3.05, 3.63) is 24.4 Å². The van der Waals surface area contributed by atoms with Gasteiger partial charge in [0, 0.05) is 19.3 Å². The lowest BCUT2D eigenvalue weighted by molar-refractivity contribution is 0.0101. The van der Waals surface area contributed by atoms with Crippen molar-refractivity contribution in [3.63, 3.8) is 0 Å². The van der Waals surface area contributed by atoms with Gasteiger partial charge in [0.25, 0.3) is 10.0 Å². The number of nitrogen functional groups attached to an aromatic ring is 1. The molecule has 0 spiro atoms. The first-order valence-corrected chi connectivity index (χ1v) is 8.03. The van der Waals surface area contributed by atoms with Crippen molar-refractivity contribution in [3.8, 4) is 0 Å². The number of nitrogens with two attached hydrogens (primary N) is 1. The molecule has 0 aromatic carbocycles. The Morgan fingerprint density at radius 1 is 1.48 bits per heavy atom. The van der Waals surface area contributed by atoms with Gasteiger partial charge in [-0.2, -0.15) is 4.31 Å². The lowest BCUT2D eigenvalue weighted by Crippen LogP contribution is -2.44. The molecule has 1 unspecified atom stereocenters. The zero-order valence-electron chi connectivity index (χ0n) is 11.6. The highest BCUT2D eigenvalue weighted by Gasteiger charge is 2.34. The molecule has 1 aliphatic heterocycles. The first-order valence-electron chi connectivity index (χ1n) is 6.59. The monoisotopic (exact) mass is 311 g/mol. The highest BCUT2D eigenvalue weighted by molar-refractivity contribution is 7.89. The van der Waals surface area contributed by atoms with E-state index in [4.69, 9.17) is 10.6 Å². The Balaban J connectivity index is 2.14. The maximum atomic E-state index is 12.9. The molecule has 0 amide bonds. The molecule has 1 saturated heterocycles. The Morgan fingerprint density at radius 2 is 2.29 bits per heavy atom. The molecule has 1 aliphatic rings. The topological polar surface area (TPSA) is 102 Å². The summed E-state index contributed by atoms with van der Waals surface area (Å²) in [6.45, 7) is 2.85. The van der Waals surface area contributed by atoms with E-state index in [0.29, 0.717) is 25.3 Å². The summed E-state index contributed by atoms with van der Waals surface area (Å²) in [6.07, 6.45) is 1.52. The van der Waals surface area contributed by atoms with Crippen LogP contribution in [0.5, 0.6) is 0 Å². The van der Waals surface area contributed by atoms with Gasteiger partial charge in [0.05, 0.1) is 12.7 Å². The number of morpholine rings is 1. The molecule has 3 rings (SSSR count). The Morgan fingerprint density at radius 3 is 3.00 bits per heavy atom. The summed E-state index contributed by atoms with van der Waals surface area (Å²) >= 11 is 0. The predicted octanol–water partition coefficient (Wildman–Crippen LogP) is 0.0293. The summed E-state index contributed by atoms with van der Waals surface area (Å²) in [5.74, 6) is 5.57. The largest absolute Gasteiger partial charge is 0.376 e. The molecular formula is C12H17N5O3S. The standard InChI is InChI=1S/C12H17N5O3S/c1-9-8-16(6-7-20-9)21(18,19)12-11(15-13)14-10-4-2-3-5-17(10)12/h2-5,9,15H,6-8,13H2,1H3. The van der Waals surface area contributed by atoms with Gasteiger partial charge in [-0.15, -0.1) is 0 Å². The fraction of sp³-hybridized carbons (Fsp3) is 0.417. The van der Waals surface area contributed by atoms with Gasteiger partial charge in [-0.3, -0.25) is 4.40 Å². The van der Waals surface area contributed by atoms with Crippen LogP contribution in [0.1, 0.15) is 6.92 Å². The van der Waals surface area contributed by atoms with Gasteiger partial charge >= 0.3 is 0 Å². The molecule has 0 saturated carbocycles. The van der Waals surface area contributed by atoms with Crippen LogP contribution >= 0.6 is 0 Å². The van der Waals surface area contributed by atoms with Gasteiger partial charge in [-0.25, -0.2) is 19.2 Å². The molecular weight excluding hydrogens is 294 g/mol. The summed E-state index contributed by atoms with van der Waals surface area (Å²) in [7, 11) is -3.71. The van der Waals surface area contributed by atoms with Crippen LogP contribution in [0.3, 0.4) is 0 Å². The lowest BCUT2D eigenvalue weighted by Gasteiger charge is -2.30. The van der Waals surface area contributed by atoms with Crippen LogP contribution in [0, 0.1) is 0 Å². The normalized spacial score (nSPS) is 20.8. The van der Waals surface area contributed by atoms with Crippen molar-refractivity contribution >= 4 is 21.5 Å². The van der Waals surface area contributed by atoms with Gasteiger partial charge in [-0.05, 0) is 19.1 Å². The third kappa shape index (κ3) is 2.38. The number of pyridine rings is 1. The lowest BCUT2D eigenvalue weighted by atomic mass is 10.3. The summed E-state index contributed by atoms with van der Waals surface area (Å²) in [6, 6.07) is 5.26. The molecule has 0 aliphatic carbocycles. The summed E-state index contributed by atoms with van der Waals surface area (Å²) in [5.41, 5.74) is 2.89. The minimum atomic E-state index is -3.71. The number of rotatable bonds is 3. The zero-order chi connectivity index (χ0) is 15.0. The van der Waals surface area contributed by atoms with Crippen molar-refractivity contribution in [1.29, 1.82) is 0 Å². The maximum Gasteiger partial charge on any atom is 0.263 e. The van der Waals surface area contributed by atoms with Gasteiger partial charge in [0.1, 0.15) is 5.65 Å². The Bertz CT molecular complexity index is 757. The fourth-order valence-electron chi connectivity index (χ4n) is 2.44. The smallest absolute Gasteiger partial charge is 0.263 e. The number of hydrazine groups is 1. The molecule has 0 bridgehead atoms. The van der Waals surface area contributed by atoms with E-state index < -0.39 is 10.0 Å². The molecule has 3 N–H and O–H groups in total. The van der Waals surface area contributed by atoms with Crippen LogP contribution in [0.25, 0.3) is 5.65 Å². The third-order valence-electron chi connectivity index (χ3n) is 3.41. The summed E-state index contributed by atoms with van der Waals surface area (Å²) < 4.78 is 34.1. The molecule has 2 aromatic heterocycles. The first kappa shape index (κ1) is 14.3. The zero-order valence-corrected chi connectivity index (χ0v) is 12.4. The van der Waals surface area contributed by atoms with E-state index in [0.717, 1.165) is 0 Å². The van der Waals surface area contributed by atoms with Crippen molar-refractivity contribution in [2.24, 2.45) is 5.84 Å². The van der Waals surface area contributed by atoms with Crippen LogP contribution in [0.4, 0.5) is 5.82 Å². The predicted molar refractivity (Wildman–Crippen MR) is 77.2 cm³/mol. The molecule has 0 radical (unpaired) electrons. The molecule has 1 atom stereocenters. The third-order valence-corrected chi connectivity index (χ3v) is 5.30. The van der Waals surface area contributed by atoms with E-state index >= 15 is 0 Å². The van der Waals surface area contributed by atoms with Gasteiger partial charge in [-0.1, -0.05) is 6.07 Å². The van der Waals surface area contributed by atoms with E-state index in [9.17, 15) is 8.42 Å². The number of nitrogens with one attached hydrogen (secondary N) is 1. The highest BCUT2D eigenvalue weighted by Crippen LogP contribution is 2.26. The molecule has 21 heavy (non-hydrogen) atoms. The van der Waals surface area contributed by atoms with Crippen LogP contribution in [0.2, 0.25) is 0 Å². The fourth-order valence-corrected chi connectivity index (χ4v) is 4.16. The molecule has 8 nitrogen and oxygen atoms in total. The molecule has 1 fully saturated rings. The van der Waals surface area contributed by atoms with Crippen LogP contribution in [-0.2, 0) is 14.8 Å². The SMILES string of the molecule is CC1CN(S(=O)(=O)c2c(NN)nc3ccccn23)CCO1. The number of nitrogens with zero attached hydrogens (tertiary/aromatic N) is 3. The second-order valence-electron chi connectivity index (χ2n) is 4.88. The number of imidazole rings is 1. The van der Waals surface area contributed by atoms with E-state index in [-0.39, 0.29) is 16.9 Å². The number of ether oxygens (including phenoxy) is 1. The second-order valence-corrected chi connectivity index (χ2v) is 6.74. The van der Waals surface area contributed by atoms with E-state index in [1.807, 2.05) is 6.92 Å². The number of fused-ring (bicyclic) bond motifs is 1.